The minimum atomic E-state index is -3.85. The fourth-order valence-corrected chi connectivity index (χ4v) is 4.13. The molecule has 0 unspecified atom stereocenters. The van der Waals surface area contributed by atoms with Crippen molar-refractivity contribution in [3.63, 3.8) is 0 Å². The molecule has 0 aliphatic carbocycles. The van der Waals surface area contributed by atoms with Crippen molar-refractivity contribution in [1.82, 2.24) is 15.2 Å². The van der Waals surface area contributed by atoms with E-state index in [9.17, 15) is 13.5 Å². The summed E-state index contributed by atoms with van der Waals surface area (Å²) in [5.74, 6) is 0. The molecule has 2 aromatic heterocycles. The molecule has 0 aromatic carbocycles. The van der Waals surface area contributed by atoms with Gasteiger partial charge in [0.15, 0.2) is 5.13 Å². The van der Waals surface area contributed by atoms with Crippen molar-refractivity contribution in [1.29, 1.82) is 0 Å². The van der Waals surface area contributed by atoms with Crippen LogP contribution in [0.2, 0.25) is 0 Å². The standard InChI is InChI=1S/C11H16N4O3S2/c1-4-9-7(3)19-11(12-9)15-20(17,18)10-8(5-16)6(2)13-14-10/h16H,4-5H2,1-3H3,(H,12,15)(H,13,14). The summed E-state index contributed by atoms with van der Waals surface area (Å²) >= 11 is 1.28. The zero-order chi connectivity index (χ0) is 14.9. The summed E-state index contributed by atoms with van der Waals surface area (Å²) in [7, 11) is -3.85. The van der Waals surface area contributed by atoms with Crippen LogP contribution in [0, 0.1) is 13.8 Å². The molecular weight excluding hydrogens is 300 g/mol. The van der Waals surface area contributed by atoms with Crippen LogP contribution in [0.4, 0.5) is 5.13 Å². The van der Waals surface area contributed by atoms with Crippen LogP contribution in [-0.4, -0.2) is 28.7 Å². The van der Waals surface area contributed by atoms with Crippen LogP contribution >= 0.6 is 11.3 Å². The second-order valence-corrected chi connectivity index (χ2v) is 7.07. The minimum absolute atomic E-state index is 0.191. The van der Waals surface area contributed by atoms with Gasteiger partial charge in [0.1, 0.15) is 0 Å². The molecule has 2 rings (SSSR count). The van der Waals surface area contributed by atoms with Gasteiger partial charge in [-0.05, 0) is 20.3 Å². The van der Waals surface area contributed by atoms with E-state index >= 15 is 0 Å². The third-order valence-corrected chi connectivity index (χ3v) is 5.26. The number of hydrogen-bond acceptors (Lipinski definition) is 6. The first-order valence-corrected chi connectivity index (χ1v) is 8.32. The normalized spacial score (nSPS) is 11.8. The fourth-order valence-electron chi connectivity index (χ4n) is 1.80. The van der Waals surface area contributed by atoms with E-state index in [2.05, 4.69) is 19.9 Å². The average molecular weight is 316 g/mol. The Morgan fingerprint density at radius 2 is 2.10 bits per heavy atom. The Bertz CT molecular complexity index is 718. The molecule has 0 amide bonds. The number of thiazole rings is 1. The van der Waals surface area contributed by atoms with Gasteiger partial charge in [-0.15, -0.1) is 11.3 Å². The van der Waals surface area contributed by atoms with Gasteiger partial charge in [0, 0.05) is 16.1 Å². The zero-order valence-electron chi connectivity index (χ0n) is 11.4. The first kappa shape index (κ1) is 14.9. The number of H-pyrrole nitrogens is 1. The molecule has 20 heavy (non-hydrogen) atoms. The average Bonchev–Trinajstić information content (AvgIpc) is 2.91. The Morgan fingerprint density at radius 1 is 1.40 bits per heavy atom. The number of nitrogens with one attached hydrogen (secondary N) is 2. The van der Waals surface area contributed by atoms with Gasteiger partial charge in [0.05, 0.1) is 12.3 Å². The lowest BCUT2D eigenvalue weighted by atomic mass is 10.3. The van der Waals surface area contributed by atoms with Crippen molar-refractivity contribution in [2.45, 2.75) is 38.8 Å². The van der Waals surface area contributed by atoms with Gasteiger partial charge in [0.25, 0.3) is 10.0 Å². The quantitative estimate of drug-likeness (QED) is 0.771. The smallest absolute Gasteiger partial charge is 0.283 e. The molecule has 0 saturated heterocycles. The van der Waals surface area contributed by atoms with Crippen molar-refractivity contribution in [3.8, 4) is 0 Å². The number of nitrogens with zero attached hydrogens (tertiary/aromatic N) is 2. The van der Waals surface area contributed by atoms with Gasteiger partial charge in [-0.3, -0.25) is 9.82 Å². The Hall–Kier alpha value is -1.45. The molecular formula is C11H16N4O3S2. The third-order valence-electron chi connectivity index (χ3n) is 2.90. The fraction of sp³-hybridized carbons (Fsp3) is 0.455. The number of aromatic amines is 1. The van der Waals surface area contributed by atoms with Crippen molar-refractivity contribution >= 4 is 26.5 Å². The highest BCUT2D eigenvalue weighted by molar-refractivity contribution is 7.92. The molecule has 2 heterocycles. The molecule has 0 atom stereocenters. The number of aliphatic hydroxyl groups excluding tert-OH is 1. The molecule has 0 aliphatic heterocycles. The molecule has 0 spiro atoms. The van der Waals surface area contributed by atoms with Crippen molar-refractivity contribution in [2.75, 3.05) is 4.72 Å². The summed E-state index contributed by atoms with van der Waals surface area (Å²) in [6, 6.07) is 0. The lowest BCUT2D eigenvalue weighted by Gasteiger charge is -2.03. The van der Waals surface area contributed by atoms with Gasteiger partial charge in [-0.2, -0.15) is 13.5 Å². The Labute approximate surface area is 121 Å². The molecule has 110 valence electrons. The molecule has 0 saturated carbocycles. The highest BCUT2D eigenvalue weighted by Gasteiger charge is 2.24. The number of rotatable bonds is 5. The van der Waals surface area contributed by atoms with Crippen LogP contribution in [0.5, 0.6) is 0 Å². The van der Waals surface area contributed by atoms with Crippen LogP contribution in [0.25, 0.3) is 0 Å². The summed E-state index contributed by atoms with van der Waals surface area (Å²) in [5.41, 5.74) is 1.66. The van der Waals surface area contributed by atoms with Gasteiger partial charge in [-0.1, -0.05) is 6.92 Å². The van der Waals surface area contributed by atoms with E-state index in [4.69, 9.17) is 0 Å². The predicted molar refractivity (Wildman–Crippen MR) is 76.3 cm³/mol. The summed E-state index contributed by atoms with van der Waals surface area (Å²) in [5, 5.41) is 15.7. The van der Waals surface area contributed by atoms with Crippen LogP contribution in [-0.2, 0) is 23.1 Å². The first-order valence-electron chi connectivity index (χ1n) is 6.02. The Morgan fingerprint density at radius 3 is 2.65 bits per heavy atom. The number of anilines is 1. The van der Waals surface area contributed by atoms with E-state index in [0.717, 1.165) is 17.0 Å². The van der Waals surface area contributed by atoms with E-state index in [1.165, 1.54) is 11.3 Å². The maximum Gasteiger partial charge on any atom is 0.283 e. The second-order valence-electron chi connectivity index (χ2n) is 4.27. The van der Waals surface area contributed by atoms with Crippen molar-refractivity contribution in [2.24, 2.45) is 0 Å². The van der Waals surface area contributed by atoms with Crippen LogP contribution in [0.3, 0.4) is 0 Å². The van der Waals surface area contributed by atoms with Crippen LogP contribution < -0.4 is 4.72 Å². The predicted octanol–water partition coefficient (Wildman–Crippen LogP) is 1.34. The molecule has 0 radical (unpaired) electrons. The Balaban J connectivity index is 2.35. The summed E-state index contributed by atoms with van der Waals surface area (Å²) in [6.45, 7) is 5.11. The maximum atomic E-state index is 12.3. The molecule has 2 aromatic rings. The second kappa shape index (κ2) is 5.51. The molecule has 3 N–H and O–H groups in total. The number of aliphatic hydroxyl groups is 1. The summed E-state index contributed by atoms with van der Waals surface area (Å²) in [6.07, 6.45) is 0.744. The van der Waals surface area contributed by atoms with E-state index in [-0.39, 0.29) is 10.6 Å². The maximum absolute atomic E-state index is 12.3. The monoisotopic (exact) mass is 316 g/mol. The van der Waals surface area contributed by atoms with E-state index < -0.39 is 16.6 Å². The molecule has 9 heteroatoms. The van der Waals surface area contributed by atoms with E-state index in [0.29, 0.717) is 10.8 Å². The van der Waals surface area contributed by atoms with Crippen LogP contribution in [0.1, 0.15) is 28.8 Å². The lowest BCUT2D eigenvalue weighted by Crippen LogP contribution is -2.15. The van der Waals surface area contributed by atoms with Gasteiger partial charge >= 0.3 is 0 Å². The molecule has 0 fully saturated rings. The highest BCUT2D eigenvalue weighted by atomic mass is 32.2. The number of aromatic nitrogens is 3. The van der Waals surface area contributed by atoms with Gasteiger partial charge < -0.3 is 5.11 Å². The third kappa shape index (κ3) is 2.69. The largest absolute Gasteiger partial charge is 0.392 e. The van der Waals surface area contributed by atoms with Crippen molar-refractivity contribution in [3.05, 3.63) is 21.8 Å². The number of sulfonamides is 1. The zero-order valence-corrected chi connectivity index (χ0v) is 13.0. The number of hydrogen-bond donors (Lipinski definition) is 3. The van der Waals surface area contributed by atoms with E-state index in [1.54, 1.807) is 6.92 Å². The summed E-state index contributed by atoms with van der Waals surface area (Å²) < 4.78 is 26.9. The minimum Gasteiger partial charge on any atom is -0.392 e. The summed E-state index contributed by atoms with van der Waals surface area (Å²) in [4.78, 5) is 5.21. The Kier molecular flexibility index (Phi) is 4.11. The SMILES string of the molecule is CCc1nc(NS(=O)(=O)c2n[nH]c(C)c2CO)sc1C. The van der Waals surface area contributed by atoms with Gasteiger partial charge in [-0.25, -0.2) is 4.98 Å². The number of aryl methyl sites for hydroxylation is 3. The van der Waals surface area contributed by atoms with Crippen LogP contribution in [0.15, 0.2) is 5.03 Å². The molecule has 0 bridgehead atoms. The molecule has 7 nitrogen and oxygen atoms in total. The van der Waals surface area contributed by atoms with Gasteiger partial charge in [0.2, 0.25) is 5.03 Å². The lowest BCUT2D eigenvalue weighted by molar-refractivity contribution is 0.277. The first-order chi connectivity index (χ1) is 9.39. The van der Waals surface area contributed by atoms with Crippen molar-refractivity contribution < 1.29 is 13.5 Å². The topological polar surface area (TPSA) is 108 Å². The highest BCUT2D eigenvalue weighted by Crippen LogP contribution is 2.26. The molecule has 0 aliphatic rings. The van der Waals surface area contributed by atoms with E-state index in [1.807, 2.05) is 13.8 Å².